The smallest absolute Gasteiger partial charge is 0.0991 e. The molecular formula is C15H24N2O. The molecule has 0 bridgehead atoms. The molecule has 2 atom stereocenters. The molecule has 0 amide bonds. The number of rotatable bonds is 7. The van der Waals surface area contributed by atoms with Gasteiger partial charge in [-0.1, -0.05) is 49.6 Å². The van der Waals surface area contributed by atoms with E-state index in [2.05, 4.69) is 29.7 Å². The van der Waals surface area contributed by atoms with Crippen LogP contribution in [0.3, 0.4) is 0 Å². The molecule has 3 N–H and O–H groups in total. The summed E-state index contributed by atoms with van der Waals surface area (Å²) in [6.45, 7) is 2.75. The van der Waals surface area contributed by atoms with Crippen molar-refractivity contribution in [3.8, 4) is 0 Å². The molecule has 2 rings (SSSR count). The Kier molecular flexibility index (Phi) is 5.17. The third-order valence-electron chi connectivity index (χ3n) is 3.87. The zero-order valence-corrected chi connectivity index (χ0v) is 11.1. The Bertz CT molecular complexity index is 338. The molecule has 100 valence electrons. The van der Waals surface area contributed by atoms with E-state index in [1.54, 1.807) is 0 Å². The highest BCUT2D eigenvalue weighted by atomic mass is 16.5. The Hall–Kier alpha value is -0.900. The fourth-order valence-corrected chi connectivity index (χ4v) is 2.63. The van der Waals surface area contributed by atoms with Gasteiger partial charge in [-0.3, -0.25) is 11.3 Å². The standard InChI is InChI=1S/C15H24N2O/c1-2-18-15(13-9-4-3-5-10-13)14(17-16)11-12-7-6-8-12/h3-5,9-10,12,14-15,17H,2,6-8,11,16H2,1H3. The highest BCUT2D eigenvalue weighted by molar-refractivity contribution is 5.19. The summed E-state index contributed by atoms with van der Waals surface area (Å²) < 4.78 is 5.91. The van der Waals surface area contributed by atoms with Crippen molar-refractivity contribution in [1.82, 2.24) is 5.43 Å². The lowest BCUT2D eigenvalue weighted by Gasteiger charge is -2.33. The molecule has 18 heavy (non-hydrogen) atoms. The Balaban J connectivity index is 2.06. The Morgan fingerprint density at radius 3 is 2.56 bits per heavy atom. The molecule has 1 fully saturated rings. The zero-order chi connectivity index (χ0) is 12.8. The van der Waals surface area contributed by atoms with Crippen LogP contribution in [-0.4, -0.2) is 12.6 Å². The maximum atomic E-state index is 5.91. The molecule has 0 aliphatic heterocycles. The number of nitrogens with two attached hydrogens (primary N) is 1. The van der Waals surface area contributed by atoms with Gasteiger partial charge in [0.15, 0.2) is 0 Å². The molecule has 3 heteroatoms. The number of hydrazine groups is 1. The van der Waals surface area contributed by atoms with E-state index in [9.17, 15) is 0 Å². The first-order valence-corrected chi connectivity index (χ1v) is 6.97. The molecule has 1 saturated carbocycles. The lowest BCUT2D eigenvalue weighted by molar-refractivity contribution is 0.0222. The Labute approximate surface area is 110 Å². The maximum Gasteiger partial charge on any atom is 0.0991 e. The van der Waals surface area contributed by atoms with E-state index in [0.29, 0.717) is 6.61 Å². The van der Waals surface area contributed by atoms with E-state index < -0.39 is 0 Å². The summed E-state index contributed by atoms with van der Waals surface area (Å²) in [4.78, 5) is 0. The molecule has 0 aromatic heterocycles. The minimum Gasteiger partial charge on any atom is -0.372 e. The molecule has 2 unspecified atom stereocenters. The number of benzene rings is 1. The first-order chi connectivity index (χ1) is 8.85. The van der Waals surface area contributed by atoms with Gasteiger partial charge in [-0.05, 0) is 24.8 Å². The van der Waals surface area contributed by atoms with Crippen molar-refractivity contribution < 1.29 is 4.74 Å². The van der Waals surface area contributed by atoms with Crippen LogP contribution in [0.25, 0.3) is 0 Å². The fourth-order valence-electron chi connectivity index (χ4n) is 2.63. The molecule has 0 spiro atoms. The first-order valence-electron chi connectivity index (χ1n) is 6.97. The van der Waals surface area contributed by atoms with Crippen LogP contribution in [0.4, 0.5) is 0 Å². The topological polar surface area (TPSA) is 47.3 Å². The molecular weight excluding hydrogens is 224 g/mol. The lowest BCUT2D eigenvalue weighted by Crippen LogP contribution is -2.42. The molecule has 0 radical (unpaired) electrons. The van der Waals surface area contributed by atoms with Crippen LogP contribution in [0.5, 0.6) is 0 Å². The summed E-state index contributed by atoms with van der Waals surface area (Å²) >= 11 is 0. The van der Waals surface area contributed by atoms with Crippen LogP contribution in [0.2, 0.25) is 0 Å². The summed E-state index contributed by atoms with van der Waals surface area (Å²) in [5.41, 5.74) is 4.17. The van der Waals surface area contributed by atoms with Crippen molar-refractivity contribution in [3.63, 3.8) is 0 Å². The Morgan fingerprint density at radius 2 is 2.06 bits per heavy atom. The van der Waals surface area contributed by atoms with Crippen LogP contribution in [-0.2, 0) is 4.74 Å². The third kappa shape index (κ3) is 3.31. The van der Waals surface area contributed by atoms with Crippen molar-refractivity contribution in [2.24, 2.45) is 11.8 Å². The average Bonchev–Trinajstić information content (AvgIpc) is 2.37. The van der Waals surface area contributed by atoms with Gasteiger partial charge in [0.2, 0.25) is 0 Å². The lowest BCUT2D eigenvalue weighted by atomic mass is 9.79. The number of nitrogens with one attached hydrogen (secondary N) is 1. The van der Waals surface area contributed by atoms with Gasteiger partial charge in [-0.2, -0.15) is 0 Å². The van der Waals surface area contributed by atoms with Crippen LogP contribution < -0.4 is 11.3 Å². The summed E-state index contributed by atoms with van der Waals surface area (Å²) in [7, 11) is 0. The van der Waals surface area contributed by atoms with Crippen molar-refractivity contribution in [2.45, 2.75) is 44.8 Å². The van der Waals surface area contributed by atoms with Gasteiger partial charge in [0.25, 0.3) is 0 Å². The maximum absolute atomic E-state index is 5.91. The second kappa shape index (κ2) is 6.88. The highest BCUT2D eigenvalue weighted by Gasteiger charge is 2.28. The second-order valence-corrected chi connectivity index (χ2v) is 5.09. The van der Waals surface area contributed by atoms with Crippen molar-refractivity contribution in [3.05, 3.63) is 35.9 Å². The van der Waals surface area contributed by atoms with Crippen LogP contribution in [0.1, 0.15) is 44.3 Å². The largest absolute Gasteiger partial charge is 0.372 e. The van der Waals surface area contributed by atoms with E-state index in [1.807, 2.05) is 13.0 Å². The van der Waals surface area contributed by atoms with E-state index in [4.69, 9.17) is 10.6 Å². The van der Waals surface area contributed by atoms with Crippen LogP contribution >= 0.6 is 0 Å². The van der Waals surface area contributed by atoms with E-state index in [1.165, 1.54) is 24.8 Å². The van der Waals surface area contributed by atoms with E-state index >= 15 is 0 Å². The first kappa shape index (κ1) is 13.5. The Morgan fingerprint density at radius 1 is 1.33 bits per heavy atom. The summed E-state index contributed by atoms with van der Waals surface area (Å²) in [6, 6.07) is 10.6. The number of hydrogen-bond donors (Lipinski definition) is 2. The average molecular weight is 248 g/mol. The predicted molar refractivity (Wildman–Crippen MR) is 73.9 cm³/mol. The second-order valence-electron chi connectivity index (χ2n) is 5.09. The van der Waals surface area contributed by atoms with Gasteiger partial charge < -0.3 is 4.74 Å². The minimum atomic E-state index is 0.0572. The van der Waals surface area contributed by atoms with Crippen molar-refractivity contribution in [2.75, 3.05) is 6.61 Å². The van der Waals surface area contributed by atoms with Gasteiger partial charge in [-0.25, -0.2) is 0 Å². The summed E-state index contributed by atoms with van der Waals surface area (Å²) in [6.07, 6.45) is 5.21. The molecule has 0 heterocycles. The zero-order valence-electron chi connectivity index (χ0n) is 11.1. The summed E-state index contributed by atoms with van der Waals surface area (Å²) in [5.74, 6) is 6.56. The van der Waals surface area contributed by atoms with Gasteiger partial charge in [0, 0.05) is 6.61 Å². The third-order valence-corrected chi connectivity index (χ3v) is 3.87. The SMILES string of the molecule is CCOC(c1ccccc1)C(CC1CCC1)NN. The number of hydrogen-bond acceptors (Lipinski definition) is 3. The predicted octanol–water partition coefficient (Wildman–Crippen LogP) is 2.79. The summed E-state index contributed by atoms with van der Waals surface area (Å²) in [5, 5.41) is 0. The van der Waals surface area contributed by atoms with Gasteiger partial charge in [-0.15, -0.1) is 0 Å². The quantitative estimate of drug-likeness (QED) is 0.576. The van der Waals surface area contributed by atoms with Crippen LogP contribution in [0, 0.1) is 5.92 Å². The van der Waals surface area contributed by atoms with E-state index in [0.717, 1.165) is 12.3 Å². The van der Waals surface area contributed by atoms with Crippen molar-refractivity contribution >= 4 is 0 Å². The molecule has 1 aromatic rings. The molecule has 1 aliphatic carbocycles. The minimum absolute atomic E-state index is 0.0572. The van der Waals surface area contributed by atoms with E-state index in [-0.39, 0.29) is 12.1 Å². The van der Waals surface area contributed by atoms with Crippen molar-refractivity contribution in [1.29, 1.82) is 0 Å². The van der Waals surface area contributed by atoms with Crippen LogP contribution in [0.15, 0.2) is 30.3 Å². The molecule has 0 saturated heterocycles. The molecule has 1 aliphatic rings. The molecule has 1 aromatic carbocycles. The monoisotopic (exact) mass is 248 g/mol. The number of ether oxygens (including phenoxy) is 1. The van der Waals surface area contributed by atoms with Gasteiger partial charge in [0.05, 0.1) is 12.1 Å². The van der Waals surface area contributed by atoms with Gasteiger partial charge in [0.1, 0.15) is 0 Å². The van der Waals surface area contributed by atoms with Gasteiger partial charge >= 0.3 is 0 Å². The normalized spacial score (nSPS) is 19.2. The highest BCUT2D eigenvalue weighted by Crippen LogP contribution is 2.34. The fraction of sp³-hybridized carbons (Fsp3) is 0.600. The molecule has 3 nitrogen and oxygen atoms in total.